The van der Waals surface area contributed by atoms with Crippen molar-refractivity contribution in [1.82, 2.24) is 9.78 Å². The van der Waals surface area contributed by atoms with Gasteiger partial charge >= 0.3 is 0 Å². The van der Waals surface area contributed by atoms with Gasteiger partial charge in [-0.05, 0) is 54.6 Å². The minimum atomic E-state index is -0.572. The maximum atomic E-state index is 11.5. The Morgan fingerprint density at radius 3 is 2.00 bits per heavy atom. The van der Waals surface area contributed by atoms with Crippen molar-refractivity contribution in [2.45, 2.75) is 0 Å². The van der Waals surface area contributed by atoms with Crippen LogP contribution in [0.2, 0.25) is 0 Å². The molecule has 0 aliphatic rings. The van der Waals surface area contributed by atoms with E-state index in [-0.39, 0.29) is 5.69 Å². The van der Waals surface area contributed by atoms with Crippen LogP contribution in [0.1, 0.15) is 10.5 Å². The summed E-state index contributed by atoms with van der Waals surface area (Å²) in [6.07, 6.45) is 0. The summed E-state index contributed by atoms with van der Waals surface area (Å²) >= 11 is 0. The van der Waals surface area contributed by atoms with Crippen LogP contribution in [0.4, 0.5) is 0 Å². The van der Waals surface area contributed by atoms with Crippen molar-refractivity contribution in [3.05, 3.63) is 60.3 Å². The van der Waals surface area contributed by atoms with Gasteiger partial charge < -0.3 is 15.2 Å². The van der Waals surface area contributed by atoms with Gasteiger partial charge in [0.2, 0.25) is 0 Å². The molecule has 0 aliphatic carbocycles. The zero-order chi connectivity index (χ0) is 17.1. The lowest BCUT2D eigenvalue weighted by molar-refractivity contribution is 0.0995. The van der Waals surface area contributed by atoms with Crippen LogP contribution in [0.5, 0.6) is 11.5 Å². The molecule has 3 aromatic rings. The lowest BCUT2D eigenvalue weighted by Gasteiger charge is -2.09. The Morgan fingerprint density at radius 1 is 0.958 bits per heavy atom. The summed E-state index contributed by atoms with van der Waals surface area (Å²) in [5.74, 6) is 0.924. The monoisotopic (exact) mass is 323 g/mol. The van der Waals surface area contributed by atoms with Gasteiger partial charge in [-0.3, -0.25) is 4.79 Å². The summed E-state index contributed by atoms with van der Waals surface area (Å²) in [7, 11) is 3.22. The first-order valence-electron chi connectivity index (χ1n) is 7.31. The van der Waals surface area contributed by atoms with Crippen molar-refractivity contribution >= 4 is 5.91 Å². The normalized spacial score (nSPS) is 10.4. The van der Waals surface area contributed by atoms with Crippen LogP contribution in [0.3, 0.4) is 0 Å². The molecule has 0 aliphatic heterocycles. The van der Waals surface area contributed by atoms with E-state index in [1.54, 1.807) is 25.0 Å². The van der Waals surface area contributed by atoms with E-state index in [0.717, 1.165) is 28.4 Å². The molecule has 1 aromatic heterocycles. The number of methoxy groups -OCH3 is 2. The van der Waals surface area contributed by atoms with Crippen molar-refractivity contribution in [3.8, 4) is 28.4 Å². The fraction of sp³-hybridized carbons (Fsp3) is 0.111. The van der Waals surface area contributed by atoms with Crippen LogP contribution in [-0.2, 0) is 0 Å². The van der Waals surface area contributed by atoms with Crippen molar-refractivity contribution < 1.29 is 14.3 Å². The topological polar surface area (TPSA) is 79.4 Å². The Balaban J connectivity index is 2.10. The Labute approximate surface area is 139 Å². The first-order chi connectivity index (χ1) is 11.6. The maximum Gasteiger partial charge on any atom is 0.269 e. The minimum Gasteiger partial charge on any atom is -0.497 e. The number of aromatic nitrogens is 2. The van der Waals surface area contributed by atoms with Gasteiger partial charge in [0.25, 0.3) is 5.91 Å². The number of nitrogens with two attached hydrogens (primary N) is 1. The number of rotatable bonds is 5. The summed E-state index contributed by atoms with van der Waals surface area (Å²) in [6.45, 7) is 0. The van der Waals surface area contributed by atoms with Crippen molar-refractivity contribution in [2.24, 2.45) is 5.73 Å². The van der Waals surface area contributed by atoms with Crippen molar-refractivity contribution in [1.29, 1.82) is 0 Å². The highest BCUT2D eigenvalue weighted by molar-refractivity contribution is 5.92. The molecule has 3 rings (SSSR count). The number of ether oxygens (including phenoxy) is 2. The highest BCUT2D eigenvalue weighted by atomic mass is 16.5. The van der Waals surface area contributed by atoms with E-state index in [9.17, 15) is 4.79 Å². The SMILES string of the molecule is COc1ccc(-c2cc(C(N)=O)nn2-c2ccc(OC)cc2)cc1. The van der Waals surface area contributed by atoms with E-state index in [2.05, 4.69) is 5.10 Å². The van der Waals surface area contributed by atoms with Gasteiger partial charge in [0.1, 0.15) is 11.5 Å². The lowest BCUT2D eigenvalue weighted by atomic mass is 10.1. The molecule has 6 heteroatoms. The number of hydrogen-bond acceptors (Lipinski definition) is 4. The van der Waals surface area contributed by atoms with Crippen molar-refractivity contribution in [2.75, 3.05) is 14.2 Å². The Morgan fingerprint density at radius 2 is 1.50 bits per heavy atom. The van der Waals surface area contributed by atoms with Crippen LogP contribution in [0.15, 0.2) is 54.6 Å². The third kappa shape index (κ3) is 2.94. The minimum absolute atomic E-state index is 0.205. The number of benzene rings is 2. The van der Waals surface area contributed by atoms with E-state index in [1.807, 2.05) is 48.5 Å². The largest absolute Gasteiger partial charge is 0.497 e. The van der Waals surface area contributed by atoms with E-state index in [4.69, 9.17) is 15.2 Å². The summed E-state index contributed by atoms with van der Waals surface area (Å²) in [5.41, 5.74) is 8.05. The van der Waals surface area contributed by atoms with Gasteiger partial charge in [-0.1, -0.05) is 0 Å². The molecule has 0 unspecified atom stereocenters. The van der Waals surface area contributed by atoms with Crippen LogP contribution < -0.4 is 15.2 Å². The molecule has 0 atom stereocenters. The molecule has 0 saturated carbocycles. The molecular weight excluding hydrogens is 306 g/mol. The quantitative estimate of drug-likeness (QED) is 0.783. The van der Waals surface area contributed by atoms with E-state index in [1.165, 1.54) is 0 Å². The second-order valence-corrected chi connectivity index (χ2v) is 5.12. The molecule has 1 amide bonds. The summed E-state index contributed by atoms with van der Waals surface area (Å²) in [6, 6.07) is 16.6. The fourth-order valence-corrected chi connectivity index (χ4v) is 2.39. The van der Waals surface area contributed by atoms with Gasteiger partial charge in [0.05, 0.1) is 25.6 Å². The number of carbonyl (C=O) groups excluding carboxylic acids is 1. The molecule has 1 heterocycles. The molecule has 0 saturated heterocycles. The number of primary amides is 1. The molecule has 24 heavy (non-hydrogen) atoms. The number of amides is 1. The first kappa shape index (κ1) is 15.6. The number of carbonyl (C=O) groups is 1. The maximum absolute atomic E-state index is 11.5. The third-order valence-electron chi connectivity index (χ3n) is 3.66. The Hall–Kier alpha value is -3.28. The van der Waals surface area contributed by atoms with Gasteiger partial charge in [-0.25, -0.2) is 4.68 Å². The Bertz CT molecular complexity index is 787. The number of hydrogen-bond donors (Lipinski definition) is 1. The van der Waals surface area contributed by atoms with Crippen LogP contribution in [-0.4, -0.2) is 29.9 Å². The van der Waals surface area contributed by atoms with Gasteiger partial charge in [-0.15, -0.1) is 0 Å². The fourth-order valence-electron chi connectivity index (χ4n) is 2.39. The second kappa shape index (κ2) is 6.45. The highest BCUT2D eigenvalue weighted by Gasteiger charge is 2.15. The molecule has 0 fully saturated rings. The zero-order valence-corrected chi connectivity index (χ0v) is 13.4. The second-order valence-electron chi connectivity index (χ2n) is 5.12. The van der Waals surface area contributed by atoms with Crippen LogP contribution in [0.25, 0.3) is 16.9 Å². The molecule has 2 aromatic carbocycles. The van der Waals surface area contributed by atoms with E-state index >= 15 is 0 Å². The number of nitrogens with zero attached hydrogens (tertiary/aromatic N) is 2. The predicted octanol–water partition coefficient (Wildman–Crippen LogP) is 2.66. The standard InChI is InChI=1S/C18H17N3O3/c1-23-14-7-3-12(4-8-14)17-11-16(18(19)22)20-21(17)13-5-9-15(24-2)10-6-13/h3-11H,1-2H3,(H2,19,22). The highest BCUT2D eigenvalue weighted by Crippen LogP contribution is 2.26. The zero-order valence-electron chi connectivity index (χ0n) is 13.4. The first-order valence-corrected chi connectivity index (χ1v) is 7.31. The summed E-state index contributed by atoms with van der Waals surface area (Å²) in [5, 5.41) is 4.32. The molecule has 2 N–H and O–H groups in total. The molecule has 122 valence electrons. The van der Waals surface area contributed by atoms with E-state index in [0.29, 0.717) is 0 Å². The smallest absolute Gasteiger partial charge is 0.269 e. The van der Waals surface area contributed by atoms with Crippen molar-refractivity contribution in [3.63, 3.8) is 0 Å². The molecule has 0 radical (unpaired) electrons. The van der Waals surface area contributed by atoms with E-state index < -0.39 is 5.91 Å². The molecular formula is C18H17N3O3. The third-order valence-corrected chi connectivity index (χ3v) is 3.66. The van der Waals surface area contributed by atoms with Crippen LogP contribution >= 0.6 is 0 Å². The average Bonchev–Trinajstić information content (AvgIpc) is 3.07. The average molecular weight is 323 g/mol. The molecule has 6 nitrogen and oxygen atoms in total. The van der Waals surface area contributed by atoms with Gasteiger partial charge in [-0.2, -0.15) is 5.10 Å². The molecule has 0 spiro atoms. The summed E-state index contributed by atoms with van der Waals surface area (Å²) in [4.78, 5) is 11.5. The Kier molecular flexibility index (Phi) is 4.20. The van der Waals surface area contributed by atoms with Gasteiger partial charge in [0.15, 0.2) is 5.69 Å². The van der Waals surface area contributed by atoms with Crippen LogP contribution in [0, 0.1) is 0 Å². The predicted molar refractivity (Wildman–Crippen MR) is 90.6 cm³/mol. The summed E-state index contributed by atoms with van der Waals surface area (Å²) < 4.78 is 12.0. The molecule has 0 bridgehead atoms. The van der Waals surface area contributed by atoms with Gasteiger partial charge in [0, 0.05) is 5.56 Å². The lowest BCUT2D eigenvalue weighted by Crippen LogP contribution is -2.12.